The maximum Gasteiger partial charge on any atom is 0.247 e. The van der Waals surface area contributed by atoms with Crippen LogP contribution in [-0.4, -0.2) is 28.4 Å². The second kappa shape index (κ2) is 8.86. The molecule has 1 fully saturated rings. The van der Waals surface area contributed by atoms with Crippen LogP contribution in [0.4, 0.5) is 0 Å². The lowest BCUT2D eigenvalue weighted by molar-refractivity contribution is 0.0786. The Labute approximate surface area is 189 Å². The van der Waals surface area contributed by atoms with Gasteiger partial charge in [0.05, 0.1) is 0 Å². The molecule has 0 saturated carbocycles. The molecule has 4 aromatic rings. The van der Waals surface area contributed by atoms with Gasteiger partial charge >= 0.3 is 0 Å². The van der Waals surface area contributed by atoms with Gasteiger partial charge in [0.15, 0.2) is 11.0 Å². The highest BCUT2D eigenvalue weighted by Crippen LogP contribution is 2.40. The van der Waals surface area contributed by atoms with Gasteiger partial charge in [0.2, 0.25) is 11.8 Å². The van der Waals surface area contributed by atoms with Crippen molar-refractivity contribution in [2.75, 3.05) is 13.2 Å². The predicted octanol–water partition coefficient (Wildman–Crippen LogP) is 6.40. The van der Waals surface area contributed by atoms with Crippen molar-refractivity contribution in [2.24, 2.45) is 0 Å². The van der Waals surface area contributed by atoms with Crippen molar-refractivity contribution < 1.29 is 13.6 Å². The van der Waals surface area contributed by atoms with E-state index in [4.69, 9.17) is 30.2 Å². The lowest BCUT2D eigenvalue weighted by Gasteiger charge is -2.18. The summed E-state index contributed by atoms with van der Waals surface area (Å²) in [7, 11) is 0. The van der Waals surface area contributed by atoms with Gasteiger partial charge in [-0.25, -0.2) is 4.98 Å². The molecule has 0 bridgehead atoms. The van der Waals surface area contributed by atoms with Crippen LogP contribution in [0, 0.1) is 6.92 Å². The van der Waals surface area contributed by atoms with E-state index >= 15 is 0 Å². The quantitative estimate of drug-likeness (QED) is 0.346. The van der Waals surface area contributed by atoms with E-state index in [-0.39, 0.29) is 5.92 Å². The normalized spacial score (nSPS) is 14.8. The van der Waals surface area contributed by atoms with Crippen LogP contribution in [0.1, 0.15) is 30.5 Å². The molecule has 158 valence electrons. The van der Waals surface area contributed by atoms with Gasteiger partial charge in [0.1, 0.15) is 5.69 Å². The Balaban J connectivity index is 1.54. The standard InChI is InChI=1S/C23H20ClN3O3S/c1-14-26-27-22(29-14)17-4-2-3-16(13-17)20-23(31-19-7-5-18(24)6-8-19)30-21(25-20)15-9-11-28-12-10-15/h2-8,13,15H,9-12H2,1H3. The predicted molar refractivity (Wildman–Crippen MR) is 118 cm³/mol. The average Bonchev–Trinajstić information content (AvgIpc) is 3.43. The number of nitrogens with zero attached hydrogens (tertiary/aromatic N) is 3. The first kappa shape index (κ1) is 20.3. The van der Waals surface area contributed by atoms with E-state index < -0.39 is 0 Å². The van der Waals surface area contributed by atoms with Crippen LogP contribution in [-0.2, 0) is 4.74 Å². The summed E-state index contributed by atoms with van der Waals surface area (Å²) >= 11 is 7.59. The molecule has 1 aliphatic rings. The molecule has 2 aromatic carbocycles. The zero-order valence-electron chi connectivity index (χ0n) is 16.9. The Bertz CT molecular complexity index is 1180. The minimum Gasteiger partial charge on any atom is -0.433 e. The molecule has 3 heterocycles. The topological polar surface area (TPSA) is 74.2 Å². The fraction of sp³-hybridized carbons (Fsp3) is 0.261. The average molecular weight is 454 g/mol. The number of oxazole rings is 1. The fourth-order valence-corrected chi connectivity index (χ4v) is 4.51. The van der Waals surface area contributed by atoms with Gasteiger partial charge in [-0.1, -0.05) is 23.7 Å². The van der Waals surface area contributed by atoms with E-state index in [1.54, 1.807) is 6.92 Å². The second-order valence-corrected chi connectivity index (χ2v) is 8.82. The summed E-state index contributed by atoms with van der Waals surface area (Å²) in [5.74, 6) is 2.03. The molecule has 0 unspecified atom stereocenters. The first-order chi connectivity index (χ1) is 15.2. The first-order valence-electron chi connectivity index (χ1n) is 10.1. The zero-order chi connectivity index (χ0) is 21.2. The highest BCUT2D eigenvalue weighted by molar-refractivity contribution is 7.99. The Morgan fingerprint density at radius 2 is 1.74 bits per heavy atom. The Hall–Kier alpha value is -2.61. The number of aryl methyl sites for hydroxylation is 1. The van der Waals surface area contributed by atoms with Gasteiger partial charge in [-0.2, -0.15) is 0 Å². The van der Waals surface area contributed by atoms with Crippen LogP contribution < -0.4 is 0 Å². The molecular formula is C23H20ClN3O3S. The molecule has 8 heteroatoms. The summed E-state index contributed by atoms with van der Waals surface area (Å²) < 4.78 is 17.4. The number of ether oxygens (including phenoxy) is 1. The van der Waals surface area contributed by atoms with E-state index in [1.807, 2.05) is 48.5 Å². The summed E-state index contributed by atoms with van der Waals surface area (Å²) in [6, 6.07) is 15.6. The van der Waals surface area contributed by atoms with Crippen molar-refractivity contribution in [3.8, 4) is 22.7 Å². The molecule has 0 aliphatic carbocycles. The van der Waals surface area contributed by atoms with Crippen molar-refractivity contribution in [1.82, 2.24) is 15.2 Å². The molecular weight excluding hydrogens is 434 g/mol. The Kier molecular flexibility index (Phi) is 5.80. The number of hydrogen-bond acceptors (Lipinski definition) is 7. The second-order valence-electron chi connectivity index (χ2n) is 7.34. The molecule has 6 nitrogen and oxygen atoms in total. The van der Waals surface area contributed by atoms with Gasteiger partial charge in [-0.05, 0) is 61.0 Å². The summed E-state index contributed by atoms with van der Waals surface area (Å²) in [5.41, 5.74) is 2.59. The summed E-state index contributed by atoms with van der Waals surface area (Å²) in [6.07, 6.45) is 1.82. The minimum atomic E-state index is 0.258. The van der Waals surface area contributed by atoms with Crippen LogP contribution in [0.2, 0.25) is 5.02 Å². The number of benzene rings is 2. The third-order valence-electron chi connectivity index (χ3n) is 5.12. The fourth-order valence-electron chi connectivity index (χ4n) is 3.52. The van der Waals surface area contributed by atoms with Crippen molar-refractivity contribution in [2.45, 2.75) is 35.7 Å². The highest BCUT2D eigenvalue weighted by Gasteiger charge is 2.25. The SMILES string of the molecule is Cc1nnc(-c2cccc(-c3nc(C4CCOCC4)oc3Sc3ccc(Cl)cc3)c2)o1. The molecule has 1 saturated heterocycles. The van der Waals surface area contributed by atoms with Gasteiger partial charge in [0.25, 0.3) is 0 Å². The van der Waals surface area contributed by atoms with E-state index in [0.29, 0.717) is 16.8 Å². The van der Waals surface area contributed by atoms with Crippen LogP contribution in [0.25, 0.3) is 22.7 Å². The number of aromatic nitrogens is 3. The number of rotatable bonds is 5. The maximum atomic E-state index is 6.30. The highest BCUT2D eigenvalue weighted by atomic mass is 35.5. The Morgan fingerprint density at radius 1 is 0.968 bits per heavy atom. The third kappa shape index (κ3) is 4.54. The Morgan fingerprint density at radius 3 is 2.48 bits per heavy atom. The molecule has 1 aliphatic heterocycles. The summed E-state index contributed by atoms with van der Waals surface area (Å²) in [6.45, 7) is 3.24. The van der Waals surface area contributed by atoms with E-state index in [0.717, 1.165) is 58.8 Å². The molecule has 2 aromatic heterocycles. The van der Waals surface area contributed by atoms with Crippen LogP contribution in [0.15, 0.2) is 67.4 Å². The first-order valence-corrected chi connectivity index (χ1v) is 11.3. The van der Waals surface area contributed by atoms with E-state index in [1.165, 1.54) is 11.8 Å². The van der Waals surface area contributed by atoms with E-state index in [2.05, 4.69) is 10.2 Å². The van der Waals surface area contributed by atoms with Crippen molar-refractivity contribution in [1.29, 1.82) is 0 Å². The van der Waals surface area contributed by atoms with Crippen molar-refractivity contribution in [3.63, 3.8) is 0 Å². The van der Waals surface area contributed by atoms with Crippen LogP contribution in [0.3, 0.4) is 0 Å². The minimum absolute atomic E-state index is 0.258. The van der Waals surface area contributed by atoms with Crippen molar-refractivity contribution in [3.05, 3.63) is 65.3 Å². The van der Waals surface area contributed by atoms with Crippen LogP contribution in [0.5, 0.6) is 0 Å². The number of halogens is 1. The molecule has 0 radical (unpaired) electrons. The van der Waals surface area contributed by atoms with Gasteiger partial charge < -0.3 is 13.6 Å². The number of hydrogen-bond donors (Lipinski definition) is 0. The third-order valence-corrected chi connectivity index (χ3v) is 6.34. The lowest BCUT2D eigenvalue weighted by Crippen LogP contribution is -2.14. The summed E-state index contributed by atoms with van der Waals surface area (Å²) in [5, 5.41) is 9.52. The van der Waals surface area contributed by atoms with Crippen molar-refractivity contribution >= 4 is 23.4 Å². The summed E-state index contributed by atoms with van der Waals surface area (Å²) in [4.78, 5) is 5.95. The monoisotopic (exact) mass is 453 g/mol. The molecule has 0 amide bonds. The van der Waals surface area contributed by atoms with E-state index in [9.17, 15) is 0 Å². The largest absolute Gasteiger partial charge is 0.433 e. The molecule has 31 heavy (non-hydrogen) atoms. The zero-order valence-corrected chi connectivity index (χ0v) is 18.4. The van der Waals surface area contributed by atoms with Gasteiger partial charge in [-0.15, -0.1) is 10.2 Å². The maximum absolute atomic E-state index is 6.30. The lowest BCUT2D eigenvalue weighted by atomic mass is 10.0. The van der Waals surface area contributed by atoms with Crippen LogP contribution >= 0.6 is 23.4 Å². The van der Waals surface area contributed by atoms with Gasteiger partial charge in [-0.3, -0.25) is 0 Å². The molecule has 0 N–H and O–H groups in total. The molecule has 0 spiro atoms. The molecule has 0 atom stereocenters. The van der Waals surface area contributed by atoms with Gasteiger partial charge in [0, 0.05) is 47.1 Å². The smallest absolute Gasteiger partial charge is 0.247 e. The molecule has 5 rings (SSSR count).